The molecule has 0 saturated carbocycles. The van der Waals surface area contributed by atoms with E-state index in [9.17, 15) is 9.90 Å². The number of amides is 1. The molecular weight excluding hydrogens is 314 g/mol. The van der Waals surface area contributed by atoms with Crippen molar-refractivity contribution in [1.29, 1.82) is 0 Å². The number of rotatable bonds is 3. The lowest BCUT2D eigenvalue weighted by Crippen LogP contribution is -2.36. The van der Waals surface area contributed by atoms with E-state index in [4.69, 9.17) is 11.6 Å². The minimum absolute atomic E-state index is 0.230. The zero-order valence-corrected chi connectivity index (χ0v) is 13.3. The maximum atomic E-state index is 12.3. The Hall–Kier alpha value is -2.11. The smallest absolute Gasteiger partial charge is 0.274 e. The van der Waals surface area contributed by atoms with Crippen LogP contribution in [-0.4, -0.2) is 35.2 Å². The third-order valence-electron chi connectivity index (χ3n) is 3.92. The first-order chi connectivity index (χ1) is 11.1. The van der Waals surface area contributed by atoms with Gasteiger partial charge in [0.25, 0.3) is 5.91 Å². The Morgan fingerprint density at radius 2 is 1.96 bits per heavy atom. The maximum Gasteiger partial charge on any atom is 0.274 e. The largest absolute Gasteiger partial charge is 0.393 e. The van der Waals surface area contributed by atoms with Gasteiger partial charge in [-0.25, -0.2) is 4.98 Å². The number of aromatic nitrogens is 1. The Labute approximate surface area is 139 Å². The van der Waals surface area contributed by atoms with Crippen LogP contribution in [0.15, 0.2) is 42.6 Å². The molecule has 0 bridgehead atoms. The Kier molecular flexibility index (Phi) is 4.79. The number of anilines is 2. The lowest BCUT2D eigenvalue weighted by atomic mass is 10.1. The standard InChI is InChI=1S/C17H18ClN3O2/c18-12-5-6-15(19-11-12)17(23)20-14-3-1-2-4-16(14)21-9-7-13(22)8-10-21/h1-6,11,13,22H,7-10H2,(H,20,23). The van der Waals surface area contributed by atoms with Crippen molar-refractivity contribution in [3.63, 3.8) is 0 Å². The summed E-state index contributed by atoms with van der Waals surface area (Å²) < 4.78 is 0. The summed E-state index contributed by atoms with van der Waals surface area (Å²) in [6, 6.07) is 10.9. The molecule has 1 aromatic carbocycles. The summed E-state index contributed by atoms with van der Waals surface area (Å²) in [6.45, 7) is 1.54. The molecule has 0 unspecified atom stereocenters. The quantitative estimate of drug-likeness (QED) is 0.907. The van der Waals surface area contributed by atoms with Crippen LogP contribution >= 0.6 is 11.6 Å². The van der Waals surface area contributed by atoms with E-state index >= 15 is 0 Å². The number of aliphatic hydroxyl groups excluding tert-OH is 1. The molecule has 1 aromatic heterocycles. The number of nitrogens with one attached hydrogen (secondary N) is 1. The molecule has 0 aliphatic carbocycles. The second kappa shape index (κ2) is 6.98. The molecule has 2 aromatic rings. The summed E-state index contributed by atoms with van der Waals surface area (Å²) in [4.78, 5) is 18.6. The van der Waals surface area contributed by atoms with E-state index in [0.29, 0.717) is 10.7 Å². The second-order valence-electron chi connectivity index (χ2n) is 5.55. The fourth-order valence-electron chi connectivity index (χ4n) is 2.66. The summed E-state index contributed by atoms with van der Waals surface area (Å²) in [5, 5.41) is 13.0. The Morgan fingerprint density at radius 1 is 1.22 bits per heavy atom. The number of aliphatic hydroxyl groups is 1. The predicted octanol–water partition coefficient (Wildman–Crippen LogP) is 2.95. The lowest BCUT2D eigenvalue weighted by Gasteiger charge is -2.32. The van der Waals surface area contributed by atoms with Crippen LogP contribution in [0.1, 0.15) is 23.3 Å². The van der Waals surface area contributed by atoms with Gasteiger partial charge in [-0.1, -0.05) is 23.7 Å². The van der Waals surface area contributed by atoms with Crippen LogP contribution in [0.25, 0.3) is 0 Å². The Bertz CT molecular complexity index is 682. The molecule has 2 N–H and O–H groups in total. The van der Waals surface area contributed by atoms with Gasteiger partial charge in [0.2, 0.25) is 0 Å². The number of piperidine rings is 1. The Balaban J connectivity index is 1.77. The number of benzene rings is 1. The summed E-state index contributed by atoms with van der Waals surface area (Å²) in [5.74, 6) is -0.272. The summed E-state index contributed by atoms with van der Waals surface area (Å²) >= 11 is 5.79. The highest BCUT2D eigenvalue weighted by atomic mass is 35.5. The van der Waals surface area contributed by atoms with E-state index in [-0.39, 0.29) is 12.0 Å². The van der Waals surface area contributed by atoms with E-state index in [1.807, 2.05) is 24.3 Å². The Morgan fingerprint density at radius 3 is 2.65 bits per heavy atom. The third-order valence-corrected chi connectivity index (χ3v) is 4.14. The van der Waals surface area contributed by atoms with E-state index < -0.39 is 0 Å². The molecule has 1 amide bonds. The molecule has 1 saturated heterocycles. The van der Waals surface area contributed by atoms with Crippen molar-refractivity contribution in [2.24, 2.45) is 0 Å². The van der Waals surface area contributed by atoms with Crippen LogP contribution in [-0.2, 0) is 0 Å². The van der Waals surface area contributed by atoms with Gasteiger partial charge >= 0.3 is 0 Å². The number of para-hydroxylation sites is 2. The highest BCUT2D eigenvalue weighted by Gasteiger charge is 2.20. The summed E-state index contributed by atoms with van der Waals surface area (Å²) in [7, 11) is 0. The van der Waals surface area contributed by atoms with E-state index in [0.717, 1.165) is 37.3 Å². The summed E-state index contributed by atoms with van der Waals surface area (Å²) in [5.41, 5.74) is 2.02. The molecule has 1 fully saturated rings. The van der Waals surface area contributed by atoms with Crippen LogP contribution in [0.4, 0.5) is 11.4 Å². The SMILES string of the molecule is O=C(Nc1ccccc1N1CCC(O)CC1)c1ccc(Cl)cn1. The van der Waals surface area contributed by atoms with E-state index in [1.165, 1.54) is 6.20 Å². The highest BCUT2D eigenvalue weighted by molar-refractivity contribution is 6.30. The van der Waals surface area contributed by atoms with Crippen molar-refractivity contribution >= 4 is 28.9 Å². The van der Waals surface area contributed by atoms with Gasteiger partial charge in [0, 0.05) is 19.3 Å². The first-order valence-corrected chi connectivity index (χ1v) is 7.96. The fourth-order valence-corrected chi connectivity index (χ4v) is 2.77. The first-order valence-electron chi connectivity index (χ1n) is 7.58. The number of hydrogen-bond donors (Lipinski definition) is 2. The minimum Gasteiger partial charge on any atom is -0.393 e. The zero-order valence-electron chi connectivity index (χ0n) is 12.6. The van der Waals surface area contributed by atoms with Crippen LogP contribution in [0.3, 0.4) is 0 Å². The molecule has 5 nitrogen and oxygen atoms in total. The number of carbonyl (C=O) groups is 1. The number of pyridine rings is 1. The van der Waals surface area contributed by atoms with Crippen LogP contribution in [0.2, 0.25) is 5.02 Å². The first kappa shape index (κ1) is 15.8. The maximum absolute atomic E-state index is 12.3. The molecule has 6 heteroatoms. The van der Waals surface area contributed by atoms with Gasteiger partial charge in [-0.3, -0.25) is 4.79 Å². The van der Waals surface area contributed by atoms with Gasteiger partial charge in [-0.15, -0.1) is 0 Å². The molecule has 120 valence electrons. The molecule has 2 heterocycles. The average Bonchev–Trinajstić information content (AvgIpc) is 2.57. The van der Waals surface area contributed by atoms with Crippen molar-refractivity contribution in [2.75, 3.05) is 23.3 Å². The number of halogens is 1. The van der Waals surface area contributed by atoms with Crippen LogP contribution in [0, 0.1) is 0 Å². The monoisotopic (exact) mass is 331 g/mol. The van der Waals surface area contributed by atoms with Gasteiger partial charge < -0.3 is 15.3 Å². The molecule has 0 spiro atoms. The molecule has 0 atom stereocenters. The fraction of sp³-hybridized carbons (Fsp3) is 0.294. The van der Waals surface area contributed by atoms with E-state index in [1.54, 1.807) is 12.1 Å². The highest BCUT2D eigenvalue weighted by Crippen LogP contribution is 2.28. The van der Waals surface area contributed by atoms with Crippen molar-refractivity contribution in [2.45, 2.75) is 18.9 Å². The van der Waals surface area contributed by atoms with Gasteiger partial charge in [-0.05, 0) is 37.1 Å². The lowest BCUT2D eigenvalue weighted by molar-refractivity contribution is 0.102. The van der Waals surface area contributed by atoms with Crippen molar-refractivity contribution in [3.8, 4) is 0 Å². The number of carbonyl (C=O) groups excluding carboxylic acids is 1. The number of nitrogens with zero attached hydrogens (tertiary/aromatic N) is 2. The number of hydrogen-bond acceptors (Lipinski definition) is 4. The second-order valence-corrected chi connectivity index (χ2v) is 5.99. The van der Waals surface area contributed by atoms with E-state index in [2.05, 4.69) is 15.2 Å². The van der Waals surface area contributed by atoms with Gasteiger partial charge in [0.15, 0.2) is 0 Å². The minimum atomic E-state index is -0.272. The predicted molar refractivity (Wildman–Crippen MR) is 91.1 cm³/mol. The van der Waals surface area contributed by atoms with Crippen molar-refractivity contribution < 1.29 is 9.90 Å². The molecule has 1 aliphatic heterocycles. The molecule has 23 heavy (non-hydrogen) atoms. The molecular formula is C17H18ClN3O2. The van der Waals surface area contributed by atoms with Gasteiger partial charge in [0.1, 0.15) is 5.69 Å². The van der Waals surface area contributed by atoms with Gasteiger partial charge in [0.05, 0.1) is 22.5 Å². The topological polar surface area (TPSA) is 65.5 Å². The van der Waals surface area contributed by atoms with Crippen molar-refractivity contribution in [1.82, 2.24) is 4.98 Å². The van der Waals surface area contributed by atoms with Crippen LogP contribution < -0.4 is 10.2 Å². The average molecular weight is 332 g/mol. The summed E-state index contributed by atoms with van der Waals surface area (Å²) in [6.07, 6.45) is 2.70. The van der Waals surface area contributed by atoms with Gasteiger partial charge in [-0.2, -0.15) is 0 Å². The molecule has 3 rings (SSSR count). The third kappa shape index (κ3) is 3.81. The normalized spacial score (nSPS) is 15.5. The van der Waals surface area contributed by atoms with Crippen LogP contribution in [0.5, 0.6) is 0 Å². The van der Waals surface area contributed by atoms with Crippen molar-refractivity contribution in [3.05, 3.63) is 53.3 Å². The molecule has 1 aliphatic rings. The molecule has 0 radical (unpaired) electrons. The zero-order chi connectivity index (χ0) is 16.2.